The zero-order valence-electron chi connectivity index (χ0n) is 22.7. The quantitative estimate of drug-likeness (QED) is 0.416. The van der Waals surface area contributed by atoms with Crippen molar-refractivity contribution in [3.05, 3.63) is 119 Å². The predicted molar refractivity (Wildman–Crippen MR) is 147 cm³/mol. The molecule has 3 aliphatic heterocycles. The molecule has 2 amide bonds. The lowest BCUT2D eigenvalue weighted by Crippen LogP contribution is -2.60. The summed E-state index contributed by atoms with van der Waals surface area (Å²) in [7, 11) is 0. The van der Waals surface area contributed by atoms with Gasteiger partial charge in [-0.3, -0.25) is 14.4 Å². The fraction of sp³-hybridized carbons (Fsp3) is 0.281. The smallest absolute Gasteiger partial charge is 0.276 e. The minimum Gasteiger partial charge on any atom is -0.483 e. The molecule has 8 nitrogen and oxygen atoms in total. The lowest BCUT2D eigenvalue weighted by atomic mass is 9.92. The van der Waals surface area contributed by atoms with E-state index < -0.39 is 35.5 Å². The monoisotopic (exact) mass is 573 g/mol. The average Bonchev–Trinajstić information content (AvgIpc) is 3.39. The Morgan fingerprint density at radius 3 is 2.38 bits per heavy atom. The van der Waals surface area contributed by atoms with Crippen molar-refractivity contribution >= 4 is 17.6 Å². The van der Waals surface area contributed by atoms with Crippen LogP contribution < -0.4 is 5.32 Å². The third-order valence-electron chi connectivity index (χ3n) is 7.80. The first kappa shape index (κ1) is 27.6. The molecule has 3 aromatic rings. The van der Waals surface area contributed by atoms with E-state index in [4.69, 9.17) is 9.47 Å². The third kappa shape index (κ3) is 5.49. The molecule has 216 valence electrons. The summed E-state index contributed by atoms with van der Waals surface area (Å²) in [5.74, 6) is -4.56. The fourth-order valence-corrected chi connectivity index (χ4v) is 5.66. The number of piperazine rings is 1. The van der Waals surface area contributed by atoms with Crippen LogP contribution in [0.5, 0.6) is 0 Å². The standard InChI is InChI=1S/C32H29F2N3O5/c33-23-12-11-22(26(34)14-23)15-35-31(39)25-16-36-17-27-37(24(19-41-27)13-20-7-3-1-4-8-20)32(40)28(36)30(29(25)38)42-18-21-9-5-2-6-10-21/h1-12,14,24-25,27H,13,15-19H2,(H,35,39). The summed E-state index contributed by atoms with van der Waals surface area (Å²) in [5, 5.41) is 2.59. The normalized spacial score (nSPS) is 21.7. The highest BCUT2D eigenvalue weighted by Crippen LogP contribution is 2.35. The second kappa shape index (κ2) is 11.7. The molecule has 42 heavy (non-hydrogen) atoms. The number of rotatable bonds is 8. The van der Waals surface area contributed by atoms with E-state index in [1.165, 1.54) is 6.07 Å². The minimum atomic E-state index is -1.20. The molecule has 1 N–H and O–H groups in total. The molecule has 2 fully saturated rings. The van der Waals surface area contributed by atoms with Crippen molar-refractivity contribution in [1.82, 2.24) is 15.1 Å². The highest BCUT2D eigenvalue weighted by atomic mass is 19.1. The number of carbonyl (C=O) groups is 3. The first-order valence-corrected chi connectivity index (χ1v) is 13.8. The van der Waals surface area contributed by atoms with Gasteiger partial charge >= 0.3 is 0 Å². The zero-order valence-corrected chi connectivity index (χ0v) is 22.7. The number of nitrogens with zero attached hydrogens (tertiary/aromatic N) is 2. The van der Waals surface area contributed by atoms with Crippen molar-refractivity contribution in [3.8, 4) is 0 Å². The van der Waals surface area contributed by atoms with Gasteiger partial charge in [-0.2, -0.15) is 0 Å². The first-order chi connectivity index (χ1) is 20.4. The molecule has 0 aromatic heterocycles. The third-order valence-corrected chi connectivity index (χ3v) is 7.80. The molecule has 0 aliphatic carbocycles. The van der Waals surface area contributed by atoms with Gasteiger partial charge in [-0.15, -0.1) is 0 Å². The van der Waals surface area contributed by atoms with Gasteiger partial charge in [0.1, 0.15) is 29.9 Å². The van der Waals surface area contributed by atoms with Gasteiger partial charge in [-0.1, -0.05) is 66.7 Å². The van der Waals surface area contributed by atoms with Crippen molar-refractivity contribution in [2.45, 2.75) is 31.8 Å². The number of carbonyl (C=O) groups excluding carboxylic acids is 3. The van der Waals surface area contributed by atoms with Crippen LogP contribution in [0.4, 0.5) is 8.78 Å². The van der Waals surface area contributed by atoms with E-state index in [1.807, 2.05) is 60.7 Å². The number of allylic oxidation sites excluding steroid dienone is 1. The number of Topliss-reactive ketones (excluding diaryl/α,β-unsaturated/α-hetero) is 1. The Hall–Kier alpha value is -4.57. The topological polar surface area (TPSA) is 88.2 Å². The van der Waals surface area contributed by atoms with Crippen LogP contribution in [0.25, 0.3) is 0 Å². The summed E-state index contributed by atoms with van der Waals surface area (Å²) in [6.07, 6.45) is 0.0470. The summed E-state index contributed by atoms with van der Waals surface area (Å²) >= 11 is 0. The number of hydrogen-bond donors (Lipinski definition) is 1. The number of ether oxygens (including phenoxy) is 2. The number of ketones is 1. The molecule has 0 spiro atoms. The number of hydrogen-bond acceptors (Lipinski definition) is 6. The van der Waals surface area contributed by atoms with Gasteiger partial charge in [0.25, 0.3) is 5.91 Å². The van der Waals surface area contributed by atoms with Crippen molar-refractivity contribution < 1.29 is 32.6 Å². The lowest BCUT2D eigenvalue weighted by molar-refractivity contribution is -0.148. The highest BCUT2D eigenvalue weighted by Gasteiger charge is 2.51. The molecular weight excluding hydrogens is 544 g/mol. The van der Waals surface area contributed by atoms with Crippen LogP contribution in [-0.2, 0) is 43.4 Å². The maximum absolute atomic E-state index is 14.2. The Balaban J connectivity index is 1.27. The number of nitrogens with one attached hydrogen (secondary N) is 1. The van der Waals surface area contributed by atoms with Crippen LogP contribution in [0.3, 0.4) is 0 Å². The van der Waals surface area contributed by atoms with Gasteiger partial charge < -0.3 is 24.6 Å². The second-order valence-corrected chi connectivity index (χ2v) is 10.6. The van der Waals surface area contributed by atoms with Crippen molar-refractivity contribution in [2.75, 3.05) is 19.7 Å². The summed E-state index contributed by atoms with van der Waals surface area (Å²) in [5.41, 5.74) is 2.04. The van der Waals surface area contributed by atoms with Crippen LogP contribution >= 0.6 is 0 Å². The second-order valence-electron chi connectivity index (χ2n) is 10.6. The Labute approximate surface area is 241 Å². The Morgan fingerprint density at radius 2 is 1.67 bits per heavy atom. The van der Waals surface area contributed by atoms with Gasteiger partial charge in [-0.25, -0.2) is 8.78 Å². The van der Waals surface area contributed by atoms with Crippen molar-refractivity contribution in [2.24, 2.45) is 5.92 Å². The van der Waals surface area contributed by atoms with E-state index in [2.05, 4.69) is 5.32 Å². The molecule has 0 radical (unpaired) electrons. The number of amides is 2. The van der Waals surface area contributed by atoms with E-state index in [9.17, 15) is 23.2 Å². The average molecular weight is 574 g/mol. The molecule has 6 rings (SSSR count). The fourth-order valence-electron chi connectivity index (χ4n) is 5.66. The summed E-state index contributed by atoms with van der Waals surface area (Å²) in [4.78, 5) is 44.4. The molecule has 3 atom stereocenters. The molecule has 3 heterocycles. The van der Waals surface area contributed by atoms with Crippen LogP contribution in [0.15, 0.2) is 90.3 Å². The molecule has 3 unspecified atom stereocenters. The first-order valence-electron chi connectivity index (χ1n) is 13.8. The maximum atomic E-state index is 14.2. The highest BCUT2D eigenvalue weighted by molar-refractivity contribution is 6.14. The Bertz CT molecular complexity index is 1530. The van der Waals surface area contributed by atoms with Gasteiger partial charge in [0.15, 0.2) is 12.0 Å². The van der Waals surface area contributed by atoms with E-state index in [0.717, 1.165) is 23.3 Å². The van der Waals surface area contributed by atoms with Crippen LogP contribution in [0, 0.1) is 17.6 Å². The minimum absolute atomic E-state index is 0.0229. The van der Waals surface area contributed by atoms with Gasteiger partial charge in [-0.05, 0) is 23.6 Å². The van der Waals surface area contributed by atoms with E-state index in [-0.39, 0.29) is 55.2 Å². The largest absolute Gasteiger partial charge is 0.483 e. The van der Waals surface area contributed by atoms with E-state index in [1.54, 1.807) is 9.80 Å². The SMILES string of the molecule is O=C(NCc1ccc(F)cc1F)C1CN2CC3OCC(Cc4ccccc4)N3C(=O)C2=C(OCc2ccccc2)C1=O. The van der Waals surface area contributed by atoms with Gasteiger partial charge in [0.2, 0.25) is 11.7 Å². The number of benzene rings is 3. The zero-order chi connectivity index (χ0) is 29.2. The van der Waals surface area contributed by atoms with Gasteiger partial charge in [0.05, 0.1) is 19.2 Å². The summed E-state index contributed by atoms with van der Waals surface area (Å²) in [6.45, 7) is 0.328. The number of fused-ring (bicyclic) bond motifs is 2. The molecular formula is C32H29F2N3O5. The van der Waals surface area contributed by atoms with Crippen LogP contribution in [-0.4, -0.2) is 59.4 Å². The molecule has 3 aliphatic rings. The van der Waals surface area contributed by atoms with Crippen molar-refractivity contribution in [1.29, 1.82) is 0 Å². The predicted octanol–water partition coefficient (Wildman–Crippen LogP) is 3.32. The Morgan fingerprint density at radius 1 is 0.952 bits per heavy atom. The number of halogens is 2. The molecule has 3 aromatic carbocycles. The molecule has 0 saturated carbocycles. The summed E-state index contributed by atoms with van der Waals surface area (Å²) in [6, 6.07) is 21.8. The molecule has 0 bridgehead atoms. The van der Waals surface area contributed by atoms with Crippen molar-refractivity contribution in [3.63, 3.8) is 0 Å². The summed E-state index contributed by atoms with van der Waals surface area (Å²) < 4.78 is 39.5. The van der Waals surface area contributed by atoms with Gasteiger partial charge in [0, 0.05) is 24.7 Å². The van der Waals surface area contributed by atoms with E-state index >= 15 is 0 Å². The molecule has 2 saturated heterocycles. The van der Waals surface area contributed by atoms with Crippen LogP contribution in [0.2, 0.25) is 0 Å². The van der Waals surface area contributed by atoms with E-state index in [0.29, 0.717) is 13.0 Å². The molecule has 10 heteroatoms. The maximum Gasteiger partial charge on any atom is 0.276 e. The Kier molecular flexibility index (Phi) is 7.71. The van der Waals surface area contributed by atoms with Crippen LogP contribution in [0.1, 0.15) is 16.7 Å². The lowest BCUT2D eigenvalue weighted by Gasteiger charge is -2.44.